The van der Waals surface area contributed by atoms with Crippen LogP contribution in [-0.2, 0) is 11.3 Å². The molecule has 0 unspecified atom stereocenters. The van der Waals surface area contributed by atoms with E-state index in [1.165, 1.54) is 0 Å². The molecule has 0 radical (unpaired) electrons. The van der Waals surface area contributed by atoms with Crippen LogP contribution >= 0.6 is 0 Å². The third-order valence-corrected chi connectivity index (χ3v) is 2.38. The lowest BCUT2D eigenvalue weighted by Gasteiger charge is -2.03. The summed E-state index contributed by atoms with van der Waals surface area (Å²) in [6.07, 6.45) is 3.69. The third kappa shape index (κ3) is 2.79. The van der Waals surface area contributed by atoms with Gasteiger partial charge in [-0.05, 0) is 6.92 Å². The Bertz CT molecular complexity index is 534. The normalized spacial score (nSPS) is 10.7. The molecule has 0 atom stereocenters. The topological polar surface area (TPSA) is 71.3 Å². The van der Waals surface area contributed by atoms with Crippen LogP contribution in [0.25, 0.3) is 5.65 Å². The lowest BCUT2D eigenvalue weighted by atomic mass is 10.3. The number of rotatable bonds is 4. The van der Waals surface area contributed by atoms with Crippen LogP contribution in [0.3, 0.4) is 0 Å². The van der Waals surface area contributed by atoms with Crippen LogP contribution in [0.2, 0.25) is 0 Å². The Labute approximate surface area is 99.0 Å². The van der Waals surface area contributed by atoms with E-state index in [1.54, 1.807) is 17.8 Å². The average Bonchev–Trinajstić information content (AvgIpc) is 2.68. The Morgan fingerprint density at radius 2 is 2.35 bits per heavy atom. The van der Waals surface area contributed by atoms with Gasteiger partial charge in [0.05, 0.1) is 12.2 Å². The molecule has 17 heavy (non-hydrogen) atoms. The summed E-state index contributed by atoms with van der Waals surface area (Å²) in [7, 11) is 1.62. The molecule has 2 heterocycles. The van der Waals surface area contributed by atoms with Gasteiger partial charge in [-0.25, -0.2) is 9.50 Å². The van der Waals surface area contributed by atoms with Crippen molar-refractivity contribution in [2.24, 2.45) is 0 Å². The molecule has 0 bridgehead atoms. The fraction of sp³-hybridized carbons (Fsp3) is 0.364. The molecule has 0 saturated carbocycles. The van der Waals surface area contributed by atoms with Crippen molar-refractivity contribution < 1.29 is 4.79 Å². The number of fused-ring (bicyclic) bond motifs is 1. The molecule has 2 N–H and O–H groups in total. The summed E-state index contributed by atoms with van der Waals surface area (Å²) in [6, 6.07) is 1.92. The van der Waals surface area contributed by atoms with Crippen molar-refractivity contribution in [3.05, 3.63) is 29.7 Å². The van der Waals surface area contributed by atoms with Gasteiger partial charge in [-0.2, -0.15) is 5.10 Å². The van der Waals surface area contributed by atoms with E-state index in [-0.39, 0.29) is 5.91 Å². The fourth-order valence-electron chi connectivity index (χ4n) is 1.53. The van der Waals surface area contributed by atoms with Crippen molar-refractivity contribution in [3.63, 3.8) is 0 Å². The second-order valence-electron chi connectivity index (χ2n) is 3.83. The van der Waals surface area contributed by atoms with Crippen LogP contribution in [0.5, 0.6) is 0 Å². The number of amides is 1. The highest BCUT2D eigenvalue weighted by Gasteiger charge is 2.01. The first-order valence-electron chi connectivity index (χ1n) is 5.41. The van der Waals surface area contributed by atoms with Gasteiger partial charge >= 0.3 is 0 Å². The van der Waals surface area contributed by atoms with Gasteiger partial charge in [-0.15, -0.1) is 0 Å². The number of nitrogens with zero attached hydrogens (tertiary/aromatic N) is 3. The van der Waals surface area contributed by atoms with Gasteiger partial charge in [0.15, 0.2) is 5.65 Å². The molecule has 0 aliphatic carbocycles. The molecule has 6 nitrogen and oxygen atoms in total. The van der Waals surface area contributed by atoms with Crippen molar-refractivity contribution in [3.8, 4) is 0 Å². The zero-order valence-electron chi connectivity index (χ0n) is 9.90. The molecule has 0 spiro atoms. The van der Waals surface area contributed by atoms with Gasteiger partial charge in [-0.1, -0.05) is 0 Å². The van der Waals surface area contributed by atoms with Crippen LogP contribution in [0.4, 0.5) is 0 Å². The minimum atomic E-state index is -0.0334. The SMILES string of the molecule is CNC(=O)CNCc1cnc2cc(C)nn2c1. The quantitative estimate of drug-likeness (QED) is 0.772. The molecule has 1 amide bonds. The van der Waals surface area contributed by atoms with E-state index < -0.39 is 0 Å². The smallest absolute Gasteiger partial charge is 0.233 e. The lowest BCUT2D eigenvalue weighted by molar-refractivity contribution is -0.119. The van der Waals surface area contributed by atoms with E-state index >= 15 is 0 Å². The average molecular weight is 233 g/mol. The van der Waals surface area contributed by atoms with Crippen LogP contribution in [0.1, 0.15) is 11.3 Å². The fourth-order valence-corrected chi connectivity index (χ4v) is 1.53. The van der Waals surface area contributed by atoms with E-state index in [9.17, 15) is 4.79 Å². The van der Waals surface area contributed by atoms with E-state index in [0.29, 0.717) is 13.1 Å². The second-order valence-corrected chi connectivity index (χ2v) is 3.83. The largest absolute Gasteiger partial charge is 0.358 e. The van der Waals surface area contributed by atoms with Gasteiger partial charge in [0, 0.05) is 37.6 Å². The predicted octanol–water partition coefficient (Wildman–Crippen LogP) is -0.127. The minimum absolute atomic E-state index is 0.0334. The maximum atomic E-state index is 11.0. The Morgan fingerprint density at radius 1 is 1.53 bits per heavy atom. The summed E-state index contributed by atoms with van der Waals surface area (Å²) < 4.78 is 1.74. The Morgan fingerprint density at radius 3 is 3.12 bits per heavy atom. The molecule has 0 saturated heterocycles. The van der Waals surface area contributed by atoms with Crippen LogP contribution in [0, 0.1) is 6.92 Å². The standard InChI is InChI=1S/C11H15N5O/c1-8-3-10-14-5-9(7-16(10)15-8)4-13-6-11(17)12-2/h3,5,7,13H,4,6H2,1-2H3,(H,12,17). The number of aryl methyl sites for hydroxylation is 1. The Hall–Kier alpha value is -1.95. The van der Waals surface area contributed by atoms with Crippen molar-refractivity contribution >= 4 is 11.6 Å². The molecule has 0 aliphatic rings. The molecule has 90 valence electrons. The summed E-state index contributed by atoms with van der Waals surface area (Å²) >= 11 is 0. The monoisotopic (exact) mass is 233 g/mol. The highest BCUT2D eigenvalue weighted by atomic mass is 16.1. The zero-order valence-corrected chi connectivity index (χ0v) is 9.90. The van der Waals surface area contributed by atoms with Crippen molar-refractivity contribution in [1.29, 1.82) is 0 Å². The minimum Gasteiger partial charge on any atom is -0.358 e. The number of carbonyl (C=O) groups is 1. The first kappa shape index (κ1) is 11.5. The molecule has 0 aliphatic heterocycles. The third-order valence-electron chi connectivity index (χ3n) is 2.38. The van der Waals surface area contributed by atoms with Gasteiger partial charge < -0.3 is 10.6 Å². The molecular formula is C11H15N5O. The molecular weight excluding hydrogens is 218 g/mol. The van der Waals surface area contributed by atoms with E-state index in [0.717, 1.165) is 16.9 Å². The number of carbonyl (C=O) groups excluding carboxylic acids is 1. The maximum Gasteiger partial charge on any atom is 0.233 e. The second kappa shape index (κ2) is 4.92. The molecule has 0 fully saturated rings. The van der Waals surface area contributed by atoms with Gasteiger partial charge in [-0.3, -0.25) is 4.79 Å². The first-order valence-corrected chi connectivity index (χ1v) is 5.41. The number of hydrogen-bond donors (Lipinski definition) is 2. The number of hydrogen-bond acceptors (Lipinski definition) is 4. The van der Waals surface area contributed by atoms with Gasteiger partial charge in [0.2, 0.25) is 5.91 Å². The Kier molecular flexibility index (Phi) is 3.34. The number of likely N-dealkylation sites (N-methyl/N-ethyl adjacent to an activating group) is 1. The summed E-state index contributed by atoms with van der Waals surface area (Å²) in [4.78, 5) is 15.3. The predicted molar refractivity (Wildman–Crippen MR) is 63.5 cm³/mol. The summed E-state index contributed by atoms with van der Waals surface area (Å²) in [5.41, 5.74) is 2.76. The van der Waals surface area contributed by atoms with Crippen molar-refractivity contribution in [1.82, 2.24) is 25.2 Å². The highest BCUT2D eigenvalue weighted by Crippen LogP contribution is 2.04. The van der Waals surface area contributed by atoms with E-state index in [1.807, 2.05) is 19.2 Å². The van der Waals surface area contributed by atoms with Crippen LogP contribution in [0.15, 0.2) is 18.5 Å². The molecule has 2 rings (SSSR count). The lowest BCUT2D eigenvalue weighted by Crippen LogP contribution is -2.31. The first-order chi connectivity index (χ1) is 8.19. The summed E-state index contributed by atoms with van der Waals surface area (Å²) in [5, 5.41) is 9.86. The molecule has 0 aromatic carbocycles. The van der Waals surface area contributed by atoms with Gasteiger partial charge in [0.25, 0.3) is 0 Å². The summed E-state index contributed by atoms with van der Waals surface area (Å²) in [5.74, 6) is -0.0334. The molecule has 2 aromatic heterocycles. The Balaban J connectivity index is 2.01. The van der Waals surface area contributed by atoms with Crippen LogP contribution in [-0.4, -0.2) is 34.1 Å². The zero-order chi connectivity index (χ0) is 12.3. The molecule has 2 aromatic rings. The van der Waals surface area contributed by atoms with E-state index in [4.69, 9.17) is 0 Å². The van der Waals surface area contributed by atoms with Gasteiger partial charge in [0.1, 0.15) is 0 Å². The maximum absolute atomic E-state index is 11.0. The number of aromatic nitrogens is 3. The van der Waals surface area contributed by atoms with Crippen molar-refractivity contribution in [2.45, 2.75) is 13.5 Å². The molecule has 6 heteroatoms. The highest BCUT2D eigenvalue weighted by molar-refractivity contribution is 5.77. The number of nitrogens with one attached hydrogen (secondary N) is 2. The van der Waals surface area contributed by atoms with Crippen LogP contribution < -0.4 is 10.6 Å². The summed E-state index contributed by atoms with van der Waals surface area (Å²) in [6.45, 7) is 2.82. The van der Waals surface area contributed by atoms with Crippen molar-refractivity contribution in [2.75, 3.05) is 13.6 Å². The van der Waals surface area contributed by atoms with E-state index in [2.05, 4.69) is 20.7 Å².